The Morgan fingerprint density at radius 1 is 0.654 bits per heavy atom. The summed E-state index contributed by atoms with van der Waals surface area (Å²) >= 11 is 11.9. The van der Waals surface area contributed by atoms with Crippen LogP contribution in [0.4, 0.5) is 23.5 Å². The second-order valence-corrected chi connectivity index (χ2v) is 14.2. The third kappa shape index (κ3) is 8.67. The fourth-order valence-corrected chi connectivity index (χ4v) is 6.98. The molecule has 2 saturated heterocycles. The van der Waals surface area contributed by atoms with Crippen LogP contribution in [0.5, 0.6) is 0 Å². The molecule has 2 unspecified atom stereocenters. The highest BCUT2D eigenvalue weighted by molar-refractivity contribution is 6.31. The number of ketones is 3. The normalized spacial score (nSPS) is 17.3. The molecule has 0 aliphatic carbocycles. The summed E-state index contributed by atoms with van der Waals surface area (Å²) in [7, 11) is 0. The molecule has 2 aliphatic rings. The minimum Gasteiger partial charge on any atom is -0.383 e. The molecule has 0 radical (unpaired) electrons. The number of benzene rings is 2. The molecule has 15 heteroatoms. The van der Waals surface area contributed by atoms with E-state index >= 15 is 0 Å². The van der Waals surface area contributed by atoms with E-state index in [0.717, 1.165) is 51.9 Å². The van der Waals surface area contributed by atoms with Crippen LogP contribution in [0.3, 0.4) is 0 Å². The lowest BCUT2D eigenvalue weighted by Crippen LogP contribution is -2.54. The highest BCUT2D eigenvalue weighted by Crippen LogP contribution is 2.24. The standard InChI is InChI=1S/C37H42Cl2N10O3/c1-21(48-15-11-27(12-16-48)44-36-42-19-29(34(40)46-36)32(51)23-3-7-25(38)8-4-23)31(50)22(2)49-17-13-28(14-18-49)45-37-43-20-30(35(41)47-37)33(52)24-5-9-26(39)10-6-24/h3-10,19-22,27-28H,11-18H2,1-2H3,(H3,40,42,44,46)(H3,41,43,45,47). The number of carbonyl (C=O) groups is 3. The molecule has 6 N–H and O–H groups in total. The average molecular weight is 746 g/mol. The molecule has 2 atom stereocenters. The number of nitrogens with two attached hydrogens (primary N) is 2. The van der Waals surface area contributed by atoms with Gasteiger partial charge in [0.25, 0.3) is 0 Å². The van der Waals surface area contributed by atoms with Gasteiger partial charge in [0.1, 0.15) is 11.6 Å². The summed E-state index contributed by atoms with van der Waals surface area (Å²) in [5.41, 5.74) is 13.7. The number of anilines is 4. The van der Waals surface area contributed by atoms with Crippen LogP contribution >= 0.6 is 23.2 Å². The van der Waals surface area contributed by atoms with E-state index < -0.39 is 0 Å². The third-order valence-corrected chi connectivity index (χ3v) is 10.5. The van der Waals surface area contributed by atoms with Crippen molar-refractivity contribution in [2.75, 3.05) is 48.3 Å². The molecule has 2 aromatic carbocycles. The lowest BCUT2D eigenvalue weighted by Gasteiger charge is -2.40. The molecule has 52 heavy (non-hydrogen) atoms. The summed E-state index contributed by atoms with van der Waals surface area (Å²) in [5.74, 6) is 0.626. The SMILES string of the molecule is CC(C(=O)C(C)N1CCC(Nc2ncc(C(=O)c3ccc(Cl)cc3)c(N)n2)CC1)N1CCC(Nc2ncc(C(=O)c3ccc(Cl)cc3)c(N)n2)CC1. The van der Waals surface area contributed by atoms with Crippen LogP contribution in [0.2, 0.25) is 10.0 Å². The van der Waals surface area contributed by atoms with Gasteiger partial charge in [-0.2, -0.15) is 9.97 Å². The molecule has 0 spiro atoms. The van der Waals surface area contributed by atoms with Gasteiger partial charge in [0.15, 0.2) is 17.3 Å². The lowest BCUT2D eigenvalue weighted by molar-refractivity contribution is -0.129. The van der Waals surface area contributed by atoms with Crippen molar-refractivity contribution in [2.24, 2.45) is 0 Å². The molecule has 0 amide bonds. The van der Waals surface area contributed by atoms with Gasteiger partial charge in [0.2, 0.25) is 11.9 Å². The van der Waals surface area contributed by atoms with Crippen LogP contribution in [0.15, 0.2) is 60.9 Å². The smallest absolute Gasteiger partial charge is 0.224 e. The predicted molar refractivity (Wildman–Crippen MR) is 203 cm³/mol. The van der Waals surface area contributed by atoms with Crippen LogP contribution in [-0.2, 0) is 4.79 Å². The summed E-state index contributed by atoms with van der Waals surface area (Å²) in [4.78, 5) is 61.2. The van der Waals surface area contributed by atoms with Crippen LogP contribution in [-0.4, -0.2) is 97.4 Å². The Bertz CT molecular complexity index is 1780. The van der Waals surface area contributed by atoms with Crippen molar-refractivity contribution in [2.45, 2.75) is 63.7 Å². The number of nitrogens with one attached hydrogen (secondary N) is 2. The Balaban J connectivity index is 0.942. The van der Waals surface area contributed by atoms with Gasteiger partial charge < -0.3 is 22.1 Å². The molecule has 4 aromatic rings. The van der Waals surface area contributed by atoms with Gasteiger partial charge >= 0.3 is 0 Å². The number of carbonyl (C=O) groups excluding carboxylic acids is 3. The number of aromatic nitrogens is 4. The number of halogens is 2. The zero-order valence-electron chi connectivity index (χ0n) is 29.1. The maximum absolute atomic E-state index is 13.6. The van der Waals surface area contributed by atoms with Crippen molar-refractivity contribution in [1.29, 1.82) is 0 Å². The van der Waals surface area contributed by atoms with Crippen LogP contribution in [0.1, 0.15) is 71.4 Å². The molecule has 13 nitrogen and oxygen atoms in total. The van der Waals surface area contributed by atoms with Crippen molar-refractivity contribution in [3.63, 3.8) is 0 Å². The van der Waals surface area contributed by atoms with Gasteiger partial charge in [0.05, 0.1) is 23.2 Å². The summed E-state index contributed by atoms with van der Waals surface area (Å²) in [6.07, 6.45) is 6.13. The Hall–Kier alpha value is -4.69. The molecular formula is C37H42Cl2N10O3. The van der Waals surface area contributed by atoms with E-state index in [1.807, 2.05) is 13.8 Å². The van der Waals surface area contributed by atoms with Crippen molar-refractivity contribution in [3.8, 4) is 0 Å². The third-order valence-electron chi connectivity index (χ3n) is 9.98. The van der Waals surface area contributed by atoms with Crippen molar-refractivity contribution < 1.29 is 14.4 Å². The van der Waals surface area contributed by atoms with E-state index in [1.54, 1.807) is 48.5 Å². The first-order valence-electron chi connectivity index (χ1n) is 17.4. The van der Waals surface area contributed by atoms with E-state index in [9.17, 15) is 14.4 Å². The fourth-order valence-electron chi connectivity index (χ4n) is 6.73. The van der Waals surface area contributed by atoms with E-state index in [2.05, 4.69) is 40.4 Å². The average Bonchev–Trinajstić information content (AvgIpc) is 3.15. The van der Waals surface area contributed by atoms with Gasteiger partial charge in [-0.25, -0.2) is 9.97 Å². The molecule has 0 bridgehead atoms. The second kappa shape index (κ2) is 16.3. The maximum atomic E-state index is 13.6. The molecule has 2 aliphatic heterocycles. The highest BCUT2D eigenvalue weighted by Gasteiger charge is 2.33. The number of hydrogen-bond donors (Lipinski definition) is 4. The lowest BCUT2D eigenvalue weighted by atomic mass is 9.97. The number of piperidine rings is 2. The summed E-state index contributed by atoms with van der Waals surface area (Å²) in [6.45, 7) is 6.98. The predicted octanol–water partition coefficient (Wildman–Crippen LogP) is 5.00. The van der Waals surface area contributed by atoms with E-state index in [-0.39, 0.29) is 64.3 Å². The summed E-state index contributed by atoms with van der Waals surface area (Å²) < 4.78 is 0. The van der Waals surface area contributed by atoms with E-state index in [1.165, 1.54) is 12.4 Å². The zero-order valence-corrected chi connectivity index (χ0v) is 30.6. The second-order valence-electron chi connectivity index (χ2n) is 13.3. The fraction of sp³-hybridized carbons (Fsp3) is 0.378. The first-order chi connectivity index (χ1) is 25.0. The largest absolute Gasteiger partial charge is 0.383 e. The van der Waals surface area contributed by atoms with Gasteiger partial charge in [-0.3, -0.25) is 24.2 Å². The Morgan fingerprint density at radius 3 is 1.33 bits per heavy atom. The molecule has 0 saturated carbocycles. The first-order valence-corrected chi connectivity index (χ1v) is 18.1. The van der Waals surface area contributed by atoms with Gasteiger partial charge in [-0.15, -0.1) is 0 Å². The topological polar surface area (TPSA) is 185 Å². The Labute approximate surface area is 312 Å². The highest BCUT2D eigenvalue weighted by atomic mass is 35.5. The number of rotatable bonds is 12. The molecular weight excluding hydrogens is 703 g/mol. The Kier molecular flexibility index (Phi) is 11.6. The van der Waals surface area contributed by atoms with E-state index in [4.69, 9.17) is 34.7 Å². The maximum Gasteiger partial charge on any atom is 0.224 e. The molecule has 6 rings (SSSR count). The summed E-state index contributed by atoms with van der Waals surface area (Å²) in [5, 5.41) is 7.78. The minimum absolute atomic E-state index is 0.110. The van der Waals surface area contributed by atoms with Crippen LogP contribution in [0.25, 0.3) is 0 Å². The van der Waals surface area contributed by atoms with Gasteiger partial charge in [-0.1, -0.05) is 23.2 Å². The zero-order chi connectivity index (χ0) is 36.9. The molecule has 2 aromatic heterocycles. The number of nitrogens with zero attached hydrogens (tertiary/aromatic N) is 6. The number of hydrogen-bond acceptors (Lipinski definition) is 13. The number of Topliss-reactive ketones (excluding diaryl/α,β-unsaturated/α-hetero) is 1. The van der Waals surface area contributed by atoms with E-state index in [0.29, 0.717) is 33.1 Å². The van der Waals surface area contributed by atoms with Crippen LogP contribution in [0, 0.1) is 0 Å². The Morgan fingerprint density at radius 2 is 1.00 bits per heavy atom. The minimum atomic E-state index is -0.268. The van der Waals surface area contributed by atoms with Crippen molar-refractivity contribution in [1.82, 2.24) is 29.7 Å². The van der Waals surface area contributed by atoms with Crippen molar-refractivity contribution >= 4 is 64.1 Å². The van der Waals surface area contributed by atoms with Crippen molar-refractivity contribution in [3.05, 3.63) is 93.2 Å². The monoisotopic (exact) mass is 744 g/mol. The number of nitrogen functional groups attached to an aromatic ring is 2. The van der Waals surface area contributed by atoms with Gasteiger partial charge in [0, 0.05) is 71.8 Å². The first kappa shape index (κ1) is 37.1. The summed E-state index contributed by atoms with van der Waals surface area (Å²) in [6, 6.07) is 12.9. The quantitative estimate of drug-likeness (QED) is 0.142. The van der Waals surface area contributed by atoms with Gasteiger partial charge in [-0.05, 0) is 88.1 Å². The molecule has 2 fully saturated rings. The number of likely N-dealkylation sites (tertiary alicyclic amines) is 2. The van der Waals surface area contributed by atoms with Crippen LogP contribution < -0.4 is 22.1 Å². The molecule has 272 valence electrons. The molecule has 4 heterocycles.